The van der Waals surface area contributed by atoms with E-state index in [1.807, 2.05) is 0 Å². The Morgan fingerprint density at radius 3 is 3.10 bits per heavy atom. The summed E-state index contributed by atoms with van der Waals surface area (Å²) in [6.07, 6.45) is 1.88. The monoisotopic (exact) mass is 309 g/mol. The predicted molar refractivity (Wildman–Crippen MR) is 79.6 cm³/mol. The van der Waals surface area contributed by atoms with Gasteiger partial charge < -0.3 is 5.32 Å². The number of anilines is 1. The van der Waals surface area contributed by atoms with Crippen LogP contribution in [0.1, 0.15) is 5.56 Å². The number of amides is 1. The lowest BCUT2D eigenvalue weighted by atomic mass is 10.1. The molecule has 2 rings (SSSR count). The number of halogens is 1. The van der Waals surface area contributed by atoms with Crippen LogP contribution in [0, 0.1) is 5.82 Å². The molecule has 7 heteroatoms. The number of hydrogen-bond acceptors (Lipinski definition) is 5. The Bertz CT molecular complexity index is 615. The number of nitrogens with zero attached hydrogens (tertiary/aromatic N) is 2. The second-order valence-corrected chi connectivity index (χ2v) is 6.07. The second-order valence-electron chi connectivity index (χ2n) is 3.83. The summed E-state index contributed by atoms with van der Waals surface area (Å²) in [5.74, 6) is 0.146. The molecule has 1 N–H and O–H groups in total. The van der Waals surface area contributed by atoms with E-state index in [0.29, 0.717) is 10.7 Å². The average molecular weight is 309 g/mol. The first-order chi connectivity index (χ1) is 9.67. The third kappa shape index (κ3) is 4.43. The lowest BCUT2D eigenvalue weighted by molar-refractivity contribution is -0.115. The summed E-state index contributed by atoms with van der Waals surface area (Å²) in [5.41, 5.74) is 0.619. The molecule has 104 valence electrons. The van der Waals surface area contributed by atoms with Gasteiger partial charge in [-0.2, -0.15) is 0 Å². The van der Waals surface area contributed by atoms with E-state index in [-0.39, 0.29) is 18.1 Å². The number of rotatable bonds is 6. The van der Waals surface area contributed by atoms with Crippen LogP contribution in [0.5, 0.6) is 0 Å². The number of aromatic nitrogens is 2. The van der Waals surface area contributed by atoms with Gasteiger partial charge >= 0.3 is 0 Å². The molecule has 1 aromatic carbocycles. The van der Waals surface area contributed by atoms with Crippen LogP contribution in [0.2, 0.25) is 0 Å². The number of carbonyl (C=O) groups is 1. The molecule has 0 aliphatic heterocycles. The van der Waals surface area contributed by atoms with Crippen molar-refractivity contribution in [2.45, 2.75) is 10.8 Å². The third-order valence-corrected chi connectivity index (χ3v) is 4.20. The van der Waals surface area contributed by atoms with Gasteiger partial charge in [0.25, 0.3) is 0 Å². The zero-order chi connectivity index (χ0) is 14.4. The minimum Gasteiger partial charge on any atom is -0.300 e. The van der Waals surface area contributed by atoms with Crippen LogP contribution >= 0.6 is 23.1 Å². The van der Waals surface area contributed by atoms with E-state index >= 15 is 0 Å². The first kappa shape index (κ1) is 14.7. The van der Waals surface area contributed by atoms with Gasteiger partial charge in [0.1, 0.15) is 5.82 Å². The summed E-state index contributed by atoms with van der Waals surface area (Å²) in [6, 6.07) is 5.96. The molecule has 1 heterocycles. The molecule has 0 aliphatic carbocycles. The minimum absolute atomic E-state index is 0.104. The van der Waals surface area contributed by atoms with Crippen LogP contribution in [-0.4, -0.2) is 21.9 Å². The van der Waals surface area contributed by atoms with E-state index in [0.717, 1.165) is 10.1 Å². The van der Waals surface area contributed by atoms with Gasteiger partial charge in [-0.15, -0.1) is 16.8 Å². The summed E-state index contributed by atoms with van der Waals surface area (Å²) < 4.78 is 13.8. The molecule has 0 unspecified atom stereocenters. The fraction of sp³-hybridized carbons (Fsp3) is 0.154. The molecular formula is C13H12FN3OS2. The van der Waals surface area contributed by atoms with E-state index in [1.54, 1.807) is 18.2 Å². The Labute approximate surface area is 124 Å². The molecule has 0 aliphatic rings. The molecule has 0 bridgehead atoms. The molecule has 0 fully saturated rings. The number of carbonyl (C=O) groups excluding carboxylic acids is 1. The highest BCUT2D eigenvalue weighted by molar-refractivity contribution is 8.01. The van der Waals surface area contributed by atoms with Crippen molar-refractivity contribution in [3.05, 3.63) is 48.3 Å². The van der Waals surface area contributed by atoms with Gasteiger partial charge in [0.15, 0.2) is 4.34 Å². The smallest absolute Gasteiger partial charge is 0.230 e. The maximum absolute atomic E-state index is 13.0. The number of nitrogens with one attached hydrogen (secondary N) is 1. The number of hydrogen-bond donors (Lipinski definition) is 1. The molecule has 4 nitrogen and oxygen atoms in total. The summed E-state index contributed by atoms with van der Waals surface area (Å²) in [5, 5.41) is 10.9. The molecule has 0 atom stereocenters. The molecule has 0 saturated heterocycles. The van der Waals surface area contributed by atoms with Crippen LogP contribution in [0.3, 0.4) is 0 Å². The van der Waals surface area contributed by atoms with Crippen molar-refractivity contribution in [2.24, 2.45) is 0 Å². The molecule has 0 spiro atoms. The van der Waals surface area contributed by atoms with Crippen molar-refractivity contribution in [3.63, 3.8) is 0 Å². The van der Waals surface area contributed by atoms with E-state index in [1.165, 1.54) is 35.2 Å². The van der Waals surface area contributed by atoms with Gasteiger partial charge in [-0.3, -0.25) is 4.79 Å². The molecule has 1 aromatic heterocycles. The van der Waals surface area contributed by atoms with Crippen molar-refractivity contribution in [2.75, 3.05) is 11.1 Å². The minimum atomic E-state index is -0.352. The van der Waals surface area contributed by atoms with Gasteiger partial charge in [-0.1, -0.05) is 41.3 Å². The topological polar surface area (TPSA) is 54.9 Å². The van der Waals surface area contributed by atoms with Crippen molar-refractivity contribution >= 4 is 34.1 Å². The van der Waals surface area contributed by atoms with Crippen molar-refractivity contribution in [1.29, 1.82) is 0 Å². The fourth-order valence-corrected chi connectivity index (χ4v) is 2.97. The average Bonchev–Trinajstić information content (AvgIpc) is 2.83. The second kappa shape index (κ2) is 7.16. The van der Waals surface area contributed by atoms with E-state index < -0.39 is 0 Å². The van der Waals surface area contributed by atoms with Gasteiger partial charge in [-0.05, 0) is 17.7 Å². The highest BCUT2D eigenvalue weighted by Gasteiger charge is 2.09. The highest BCUT2D eigenvalue weighted by atomic mass is 32.2. The molecule has 2 aromatic rings. The zero-order valence-electron chi connectivity index (χ0n) is 10.5. The Morgan fingerprint density at radius 2 is 2.35 bits per heavy atom. The van der Waals surface area contributed by atoms with Crippen LogP contribution in [0.4, 0.5) is 9.52 Å². The molecule has 0 saturated carbocycles. The molecule has 20 heavy (non-hydrogen) atoms. The normalized spacial score (nSPS) is 10.2. The Hall–Kier alpha value is -1.73. The maximum Gasteiger partial charge on any atom is 0.230 e. The Balaban J connectivity index is 1.91. The summed E-state index contributed by atoms with van der Waals surface area (Å²) in [4.78, 5) is 11.8. The fourth-order valence-electron chi connectivity index (χ4n) is 1.44. The van der Waals surface area contributed by atoms with Crippen molar-refractivity contribution < 1.29 is 9.18 Å². The van der Waals surface area contributed by atoms with Gasteiger partial charge in [-0.25, -0.2) is 4.39 Å². The van der Waals surface area contributed by atoms with Crippen LogP contribution in [0.15, 0.2) is 41.3 Å². The van der Waals surface area contributed by atoms with Gasteiger partial charge in [0.2, 0.25) is 11.0 Å². The molecule has 1 amide bonds. The predicted octanol–water partition coefficient (Wildman–Crippen LogP) is 3.14. The van der Waals surface area contributed by atoms with Gasteiger partial charge in [0.05, 0.1) is 6.42 Å². The quantitative estimate of drug-likeness (QED) is 0.506. The number of thioether (sulfide) groups is 1. The van der Waals surface area contributed by atoms with Crippen LogP contribution < -0.4 is 5.32 Å². The maximum atomic E-state index is 13.0. The van der Waals surface area contributed by atoms with E-state index in [4.69, 9.17) is 0 Å². The Morgan fingerprint density at radius 1 is 1.50 bits per heavy atom. The standard InChI is InChI=1S/C13H12FN3OS2/c1-2-6-19-13-17-16-12(20-13)15-11(18)8-9-4-3-5-10(14)7-9/h2-5,7H,1,6,8H2,(H,15,16,18). The summed E-state index contributed by atoms with van der Waals surface area (Å²) in [6.45, 7) is 3.62. The Kier molecular flexibility index (Phi) is 5.25. The lowest BCUT2D eigenvalue weighted by Crippen LogP contribution is -2.14. The van der Waals surface area contributed by atoms with E-state index in [2.05, 4.69) is 22.1 Å². The zero-order valence-corrected chi connectivity index (χ0v) is 12.1. The number of benzene rings is 1. The first-order valence-electron chi connectivity index (χ1n) is 5.79. The highest BCUT2D eigenvalue weighted by Crippen LogP contribution is 2.25. The SMILES string of the molecule is C=CCSc1nnc(NC(=O)Cc2cccc(F)c2)s1. The third-order valence-electron chi connectivity index (χ3n) is 2.23. The molecule has 0 radical (unpaired) electrons. The van der Waals surface area contributed by atoms with Crippen molar-refractivity contribution in [3.8, 4) is 0 Å². The lowest BCUT2D eigenvalue weighted by Gasteiger charge is -2.01. The summed E-state index contributed by atoms with van der Waals surface area (Å²) in [7, 11) is 0. The summed E-state index contributed by atoms with van der Waals surface area (Å²) >= 11 is 2.80. The van der Waals surface area contributed by atoms with Crippen molar-refractivity contribution in [1.82, 2.24) is 10.2 Å². The van der Waals surface area contributed by atoms with Crippen LogP contribution in [0.25, 0.3) is 0 Å². The van der Waals surface area contributed by atoms with Gasteiger partial charge in [0, 0.05) is 5.75 Å². The van der Waals surface area contributed by atoms with Crippen LogP contribution in [-0.2, 0) is 11.2 Å². The first-order valence-corrected chi connectivity index (χ1v) is 7.59. The molecular weight excluding hydrogens is 297 g/mol. The largest absolute Gasteiger partial charge is 0.300 e. The van der Waals surface area contributed by atoms with E-state index in [9.17, 15) is 9.18 Å².